The second kappa shape index (κ2) is 9.58. The van der Waals surface area contributed by atoms with Gasteiger partial charge in [-0.25, -0.2) is 19.0 Å². The van der Waals surface area contributed by atoms with Crippen molar-refractivity contribution < 1.29 is 9.18 Å². The number of rotatable bonds is 6. The normalized spacial score (nSPS) is 10.9. The van der Waals surface area contributed by atoms with Crippen molar-refractivity contribution >= 4 is 39.3 Å². The van der Waals surface area contributed by atoms with Crippen LogP contribution >= 0.6 is 27.7 Å². The van der Waals surface area contributed by atoms with Crippen molar-refractivity contribution in [3.63, 3.8) is 0 Å². The topological polar surface area (TPSA) is 85.6 Å². The van der Waals surface area contributed by atoms with Crippen LogP contribution in [-0.4, -0.2) is 30.9 Å². The Morgan fingerprint density at radius 2 is 1.81 bits per heavy atom. The summed E-state index contributed by atoms with van der Waals surface area (Å²) in [5.41, 5.74) is 3.19. The molecule has 0 aliphatic rings. The van der Waals surface area contributed by atoms with Crippen LogP contribution in [0.25, 0.3) is 5.69 Å². The molecule has 4 rings (SSSR count). The van der Waals surface area contributed by atoms with Gasteiger partial charge in [-0.1, -0.05) is 51.1 Å². The van der Waals surface area contributed by atoms with Crippen molar-refractivity contribution in [2.75, 3.05) is 5.32 Å². The third kappa shape index (κ3) is 5.03. The number of anilines is 1. The molecule has 0 radical (unpaired) electrons. The highest BCUT2D eigenvalue weighted by Gasteiger charge is 2.22. The number of hydrogen-bond donors (Lipinski definition) is 1. The first-order valence-electron chi connectivity index (χ1n) is 9.62. The van der Waals surface area contributed by atoms with Crippen LogP contribution in [0.15, 0.2) is 64.2 Å². The van der Waals surface area contributed by atoms with E-state index >= 15 is 0 Å². The van der Waals surface area contributed by atoms with Crippen LogP contribution in [0.3, 0.4) is 0 Å². The van der Waals surface area contributed by atoms with Crippen LogP contribution < -0.4 is 5.32 Å². The van der Waals surface area contributed by atoms with Gasteiger partial charge >= 0.3 is 0 Å². The van der Waals surface area contributed by atoms with Crippen LogP contribution in [0.2, 0.25) is 0 Å². The molecule has 4 aromatic rings. The van der Waals surface area contributed by atoms with Crippen LogP contribution in [0.1, 0.15) is 27.6 Å². The summed E-state index contributed by atoms with van der Waals surface area (Å²) >= 11 is 4.58. The molecule has 1 N–H and O–H groups in total. The second-order valence-corrected chi connectivity index (χ2v) is 8.79. The van der Waals surface area contributed by atoms with Gasteiger partial charge in [-0.15, -0.1) is 5.10 Å². The summed E-state index contributed by atoms with van der Waals surface area (Å²) in [7, 11) is 0. The van der Waals surface area contributed by atoms with E-state index < -0.39 is 11.7 Å². The number of para-hydroxylation sites is 1. The summed E-state index contributed by atoms with van der Waals surface area (Å²) in [6.07, 6.45) is 0. The van der Waals surface area contributed by atoms with Crippen molar-refractivity contribution in [1.29, 1.82) is 0 Å². The maximum absolute atomic E-state index is 14.2. The number of nitrogens with zero attached hydrogens (tertiary/aromatic N) is 5. The van der Waals surface area contributed by atoms with E-state index in [0.717, 1.165) is 17.1 Å². The Bertz CT molecular complexity index is 1260. The van der Waals surface area contributed by atoms with Gasteiger partial charge in [0.25, 0.3) is 5.91 Å². The Hall–Kier alpha value is -3.11. The second-order valence-electron chi connectivity index (χ2n) is 6.93. The summed E-state index contributed by atoms with van der Waals surface area (Å²) < 4.78 is 16.4. The molecule has 0 spiro atoms. The molecule has 0 aliphatic carbocycles. The van der Waals surface area contributed by atoms with Gasteiger partial charge in [-0.2, -0.15) is 0 Å². The number of aryl methyl sites for hydroxylation is 2. The van der Waals surface area contributed by atoms with E-state index in [1.165, 1.54) is 23.9 Å². The minimum atomic E-state index is -0.553. The van der Waals surface area contributed by atoms with Gasteiger partial charge in [0.15, 0.2) is 10.9 Å². The zero-order chi connectivity index (χ0) is 22.7. The number of benzene rings is 2. The fourth-order valence-electron chi connectivity index (χ4n) is 3.05. The molecule has 0 bridgehead atoms. The lowest BCUT2D eigenvalue weighted by atomic mass is 10.2. The molecule has 0 unspecified atom stereocenters. The predicted molar refractivity (Wildman–Crippen MR) is 124 cm³/mol. The molecule has 1 amide bonds. The van der Waals surface area contributed by atoms with Gasteiger partial charge in [0.2, 0.25) is 0 Å². The molecular formula is C22H18BrFN6OS. The van der Waals surface area contributed by atoms with Crippen molar-refractivity contribution in [3.8, 4) is 5.69 Å². The SMILES string of the molecule is Cc1cc(C)nc(SCc2c(C(=O)Nc3ccc(Br)cc3F)nnn2-c2ccccc2)n1. The Kier molecular flexibility index (Phi) is 6.61. The molecule has 0 aliphatic heterocycles. The van der Waals surface area contributed by atoms with E-state index in [1.54, 1.807) is 10.7 Å². The number of halogens is 2. The lowest BCUT2D eigenvalue weighted by Gasteiger charge is -2.09. The van der Waals surface area contributed by atoms with Gasteiger partial charge in [0, 0.05) is 21.6 Å². The standard InChI is InChI=1S/C22H18BrFN6OS/c1-13-10-14(2)26-22(25-13)32-12-19-20(28-29-30(19)16-6-4-3-5-7-16)21(31)27-18-9-8-15(23)11-17(18)24/h3-11H,12H2,1-2H3,(H,27,31). The van der Waals surface area contributed by atoms with Crippen LogP contribution in [0, 0.1) is 19.7 Å². The molecule has 0 saturated heterocycles. The van der Waals surface area contributed by atoms with Gasteiger partial charge < -0.3 is 5.32 Å². The monoisotopic (exact) mass is 512 g/mol. The molecule has 2 heterocycles. The lowest BCUT2D eigenvalue weighted by molar-refractivity contribution is 0.102. The third-order valence-corrected chi connectivity index (χ3v) is 5.81. The smallest absolute Gasteiger partial charge is 0.278 e. The quantitative estimate of drug-likeness (QED) is 0.285. The van der Waals surface area contributed by atoms with E-state index in [-0.39, 0.29) is 11.4 Å². The molecular weight excluding hydrogens is 495 g/mol. The zero-order valence-corrected chi connectivity index (χ0v) is 19.6. The Morgan fingerprint density at radius 1 is 1.09 bits per heavy atom. The Balaban J connectivity index is 1.67. The van der Waals surface area contributed by atoms with Crippen LogP contribution in [0.4, 0.5) is 10.1 Å². The number of hydrogen-bond acceptors (Lipinski definition) is 6. The first-order valence-corrected chi connectivity index (χ1v) is 11.4. The van der Waals surface area contributed by atoms with Gasteiger partial charge in [0.1, 0.15) is 5.82 Å². The number of nitrogens with one attached hydrogen (secondary N) is 1. The van der Waals surface area contributed by atoms with Crippen molar-refractivity contribution in [2.45, 2.75) is 24.8 Å². The van der Waals surface area contributed by atoms with E-state index in [4.69, 9.17) is 0 Å². The maximum Gasteiger partial charge on any atom is 0.278 e. The molecule has 0 fully saturated rings. The summed E-state index contributed by atoms with van der Waals surface area (Å²) in [5, 5.41) is 11.5. The number of aromatic nitrogens is 5. The fourth-order valence-corrected chi connectivity index (χ4v) is 4.32. The number of carbonyl (C=O) groups excluding carboxylic acids is 1. The molecule has 2 aromatic carbocycles. The number of thioether (sulfide) groups is 1. The largest absolute Gasteiger partial charge is 0.318 e. The van der Waals surface area contributed by atoms with Gasteiger partial charge in [-0.3, -0.25) is 4.79 Å². The number of carbonyl (C=O) groups is 1. The summed E-state index contributed by atoms with van der Waals surface area (Å²) in [6.45, 7) is 3.81. The maximum atomic E-state index is 14.2. The van der Waals surface area contributed by atoms with E-state index in [1.807, 2.05) is 50.2 Å². The molecule has 2 aromatic heterocycles. The van der Waals surface area contributed by atoms with Crippen molar-refractivity contribution in [3.05, 3.63) is 87.7 Å². The van der Waals surface area contributed by atoms with E-state index in [9.17, 15) is 9.18 Å². The average molecular weight is 513 g/mol. The average Bonchev–Trinajstić information content (AvgIpc) is 3.18. The van der Waals surface area contributed by atoms with Crippen LogP contribution in [0.5, 0.6) is 0 Å². The minimum Gasteiger partial charge on any atom is -0.318 e. The molecule has 32 heavy (non-hydrogen) atoms. The van der Waals surface area contributed by atoms with E-state index in [2.05, 4.69) is 41.5 Å². The highest BCUT2D eigenvalue weighted by Crippen LogP contribution is 2.25. The zero-order valence-electron chi connectivity index (χ0n) is 17.2. The van der Waals surface area contributed by atoms with Crippen molar-refractivity contribution in [1.82, 2.24) is 25.0 Å². The van der Waals surface area contributed by atoms with Gasteiger partial charge in [-0.05, 0) is 50.2 Å². The fraction of sp³-hybridized carbons (Fsp3) is 0.136. The molecule has 0 saturated carbocycles. The Labute approximate surface area is 196 Å². The highest BCUT2D eigenvalue weighted by atomic mass is 79.9. The van der Waals surface area contributed by atoms with Crippen LogP contribution in [-0.2, 0) is 5.75 Å². The first-order chi connectivity index (χ1) is 15.4. The summed E-state index contributed by atoms with van der Waals surface area (Å²) in [6, 6.07) is 15.7. The summed E-state index contributed by atoms with van der Waals surface area (Å²) in [4.78, 5) is 21.9. The first kappa shape index (κ1) is 22.1. The predicted octanol–water partition coefficient (Wildman–Crippen LogP) is 5.12. The third-order valence-electron chi connectivity index (χ3n) is 4.46. The summed E-state index contributed by atoms with van der Waals surface area (Å²) in [5.74, 6) is -0.760. The molecule has 162 valence electrons. The molecule has 0 atom stereocenters. The lowest BCUT2D eigenvalue weighted by Crippen LogP contribution is -2.16. The molecule has 10 heteroatoms. The van der Waals surface area contributed by atoms with Crippen molar-refractivity contribution in [2.24, 2.45) is 0 Å². The highest BCUT2D eigenvalue weighted by molar-refractivity contribution is 9.10. The number of amides is 1. The minimum absolute atomic E-state index is 0.0590. The van der Waals surface area contributed by atoms with Gasteiger partial charge in [0.05, 0.1) is 17.1 Å². The Morgan fingerprint density at radius 3 is 2.50 bits per heavy atom. The molecule has 7 nitrogen and oxygen atoms in total. The van der Waals surface area contributed by atoms with E-state index in [0.29, 0.717) is 21.1 Å².